The summed E-state index contributed by atoms with van der Waals surface area (Å²) in [5.74, 6) is -0.661. The molecule has 0 radical (unpaired) electrons. The molecule has 3 atom stereocenters. The molecule has 1 aromatic carbocycles. The van der Waals surface area contributed by atoms with Crippen molar-refractivity contribution in [2.45, 2.75) is 92.0 Å². The van der Waals surface area contributed by atoms with Crippen LogP contribution in [0.25, 0.3) is 0 Å². The minimum Gasteiger partial charge on any atom is -0.444 e. The number of alkyl carbamates (subject to hydrolysis) is 1. The number of hydrogen-bond donors (Lipinski definition) is 2. The van der Waals surface area contributed by atoms with Crippen LogP contribution in [0.4, 0.5) is 4.79 Å². The van der Waals surface area contributed by atoms with Gasteiger partial charge in [0.25, 0.3) is 0 Å². The van der Waals surface area contributed by atoms with Crippen LogP contribution in [0.5, 0.6) is 0 Å². The van der Waals surface area contributed by atoms with Crippen molar-refractivity contribution in [3.63, 3.8) is 0 Å². The highest BCUT2D eigenvalue weighted by atomic mass is 16.6. The van der Waals surface area contributed by atoms with Gasteiger partial charge in [-0.15, -0.1) is 6.58 Å². The second-order valence-electron chi connectivity index (χ2n) is 9.61. The number of nitrogens with zero attached hydrogens (tertiary/aromatic N) is 1. The predicted octanol–water partition coefficient (Wildman–Crippen LogP) is 4.58. The summed E-state index contributed by atoms with van der Waals surface area (Å²) in [6, 6.07) is 4.01. The van der Waals surface area contributed by atoms with Gasteiger partial charge in [0.1, 0.15) is 17.7 Å². The number of rotatable bonds is 10. The molecule has 0 saturated heterocycles. The zero-order chi connectivity index (χ0) is 25.3. The molecule has 0 aliphatic carbocycles. The van der Waals surface area contributed by atoms with Crippen LogP contribution >= 0.6 is 0 Å². The fourth-order valence-electron chi connectivity index (χ4n) is 3.67. The summed E-state index contributed by atoms with van der Waals surface area (Å²) in [6.07, 6.45) is 2.65. The third-order valence-corrected chi connectivity index (χ3v) is 5.10. The minimum absolute atomic E-state index is 0.0336. The van der Waals surface area contributed by atoms with Gasteiger partial charge in [-0.05, 0) is 66.0 Å². The third kappa shape index (κ3) is 8.91. The van der Waals surface area contributed by atoms with E-state index in [1.165, 1.54) is 4.90 Å². The van der Waals surface area contributed by atoms with Crippen molar-refractivity contribution >= 4 is 17.9 Å². The Labute approximate surface area is 198 Å². The number of hydrogen-bond acceptors (Lipinski definition) is 4. The Bertz CT molecular complexity index is 844. The third-order valence-electron chi connectivity index (χ3n) is 5.10. The van der Waals surface area contributed by atoms with Gasteiger partial charge in [-0.2, -0.15) is 0 Å². The maximum Gasteiger partial charge on any atom is 0.408 e. The topological polar surface area (TPSA) is 87.7 Å². The molecule has 0 aromatic heterocycles. The number of nitrogens with one attached hydrogen (secondary N) is 2. The number of ether oxygens (including phenoxy) is 1. The van der Waals surface area contributed by atoms with Gasteiger partial charge in [-0.3, -0.25) is 9.59 Å². The van der Waals surface area contributed by atoms with Gasteiger partial charge >= 0.3 is 6.09 Å². The average molecular weight is 460 g/mol. The molecular weight excluding hydrogens is 418 g/mol. The fraction of sp³-hybridized carbons (Fsp3) is 0.577. The minimum atomic E-state index is -0.895. The Morgan fingerprint density at radius 1 is 1.15 bits per heavy atom. The highest BCUT2D eigenvalue weighted by Gasteiger charge is 2.35. The molecule has 184 valence electrons. The van der Waals surface area contributed by atoms with Crippen LogP contribution in [0, 0.1) is 13.8 Å². The van der Waals surface area contributed by atoms with E-state index in [0.29, 0.717) is 0 Å². The summed E-state index contributed by atoms with van der Waals surface area (Å²) < 4.78 is 5.28. The summed E-state index contributed by atoms with van der Waals surface area (Å²) in [4.78, 5) is 40.6. The van der Waals surface area contributed by atoms with E-state index in [9.17, 15) is 14.4 Å². The summed E-state index contributed by atoms with van der Waals surface area (Å²) in [5.41, 5.74) is 2.02. The van der Waals surface area contributed by atoms with E-state index in [2.05, 4.69) is 24.1 Å². The average Bonchev–Trinajstić information content (AvgIpc) is 2.67. The lowest BCUT2D eigenvalue weighted by atomic mass is 9.96. The van der Waals surface area contributed by atoms with Crippen LogP contribution in [0.1, 0.15) is 77.1 Å². The monoisotopic (exact) mass is 459 g/mol. The van der Waals surface area contributed by atoms with Gasteiger partial charge in [-0.25, -0.2) is 4.79 Å². The first kappa shape index (κ1) is 28.2. The van der Waals surface area contributed by atoms with Crippen molar-refractivity contribution in [1.82, 2.24) is 15.5 Å². The van der Waals surface area contributed by atoms with E-state index in [1.54, 1.807) is 33.8 Å². The van der Waals surface area contributed by atoms with Crippen molar-refractivity contribution in [2.24, 2.45) is 0 Å². The van der Waals surface area contributed by atoms with Crippen LogP contribution in [0.15, 0.2) is 30.9 Å². The summed E-state index contributed by atoms with van der Waals surface area (Å²) in [6.45, 7) is 18.7. The molecule has 1 rings (SSSR count). The second-order valence-corrected chi connectivity index (χ2v) is 9.61. The number of amides is 3. The van der Waals surface area contributed by atoms with Gasteiger partial charge in [0.2, 0.25) is 11.8 Å². The molecule has 0 bridgehead atoms. The number of carbonyl (C=O) groups excluding carboxylic acids is 3. The van der Waals surface area contributed by atoms with Gasteiger partial charge < -0.3 is 20.3 Å². The van der Waals surface area contributed by atoms with E-state index in [1.807, 2.05) is 39.0 Å². The van der Waals surface area contributed by atoms with Crippen LogP contribution in [-0.2, 0) is 14.3 Å². The number of aryl methyl sites for hydroxylation is 2. The molecule has 7 nitrogen and oxygen atoms in total. The first-order valence-corrected chi connectivity index (χ1v) is 11.6. The Hall–Kier alpha value is -2.83. The summed E-state index contributed by atoms with van der Waals surface area (Å²) in [7, 11) is 0. The molecule has 0 heterocycles. The van der Waals surface area contributed by atoms with Crippen molar-refractivity contribution in [2.75, 3.05) is 6.54 Å². The quantitative estimate of drug-likeness (QED) is 0.502. The first-order chi connectivity index (χ1) is 15.3. The Kier molecular flexibility index (Phi) is 10.6. The molecule has 3 amide bonds. The Balaban J connectivity index is 3.33. The molecule has 0 saturated carbocycles. The predicted molar refractivity (Wildman–Crippen MR) is 132 cm³/mol. The largest absolute Gasteiger partial charge is 0.444 e. The molecule has 0 aliphatic heterocycles. The molecule has 7 heteroatoms. The highest BCUT2D eigenvalue weighted by molar-refractivity contribution is 5.92. The second kappa shape index (κ2) is 12.4. The number of benzene rings is 1. The van der Waals surface area contributed by atoms with Crippen LogP contribution in [0.3, 0.4) is 0 Å². The lowest BCUT2D eigenvalue weighted by Crippen LogP contribution is -2.52. The van der Waals surface area contributed by atoms with E-state index in [4.69, 9.17) is 4.74 Å². The van der Waals surface area contributed by atoms with Crippen molar-refractivity contribution in [3.05, 3.63) is 47.5 Å². The smallest absolute Gasteiger partial charge is 0.408 e. The fourth-order valence-corrected chi connectivity index (χ4v) is 3.67. The molecule has 0 fully saturated rings. The first-order valence-electron chi connectivity index (χ1n) is 11.6. The SMILES string of the molecule is C=CCN(C(=O)C(C)NC(=O)OC(C)(C)C)C(C(=O)NC(C)CCC)c1ccc(C)cc1C. The number of carbonyl (C=O) groups is 3. The Morgan fingerprint density at radius 3 is 2.30 bits per heavy atom. The van der Waals surface area contributed by atoms with Crippen LogP contribution < -0.4 is 10.6 Å². The lowest BCUT2D eigenvalue weighted by Gasteiger charge is -2.34. The van der Waals surface area contributed by atoms with Gasteiger partial charge in [0.15, 0.2) is 0 Å². The Morgan fingerprint density at radius 2 is 1.79 bits per heavy atom. The molecular formula is C26H41N3O4. The molecule has 3 unspecified atom stereocenters. The van der Waals surface area contributed by atoms with Crippen LogP contribution in [-0.4, -0.2) is 47.0 Å². The van der Waals surface area contributed by atoms with E-state index < -0.39 is 29.7 Å². The zero-order valence-electron chi connectivity index (χ0n) is 21.5. The van der Waals surface area contributed by atoms with Crippen molar-refractivity contribution < 1.29 is 19.1 Å². The molecule has 1 aromatic rings. The molecule has 2 N–H and O–H groups in total. The van der Waals surface area contributed by atoms with Crippen LogP contribution in [0.2, 0.25) is 0 Å². The molecule has 0 aliphatic rings. The standard InChI is InChI=1S/C26H41N3O4/c1-10-12-19(5)27-23(30)22(21-14-13-17(3)16-18(21)4)29(15-11-2)24(31)20(6)28-25(32)33-26(7,8)9/h11,13-14,16,19-20,22H,2,10,12,15H2,1,3-9H3,(H,27,30)(H,28,32). The molecule has 0 spiro atoms. The van der Waals surface area contributed by atoms with E-state index in [-0.39, 0.29) is 18.5 Å². The van der Waals surface area contributed by atoms with Gasteiger partial charge in [-0.1, -0.05) is 43.2 Å². The van der Waals surface area contributed by atoms with Gasteiger partial charge in [0, 0.05) is 12.6 Å². The lowest BCUT2D eigenvalue weighted by molar-refractivity contribution is -0.141. The van der Waals surface area contributed by atoms with E-state index in [0.717, 1.165) is 29.5 Å². The summed E-state index contributed by atoms with van der Waals surface area (Å²) >= 11 is 0. The highest BCUT2D eigenvalue weighted by Crippen LogP contribution is 2.26. The zero-order valence-corrected chi connectivity index (χ0v) is 21.5. The van der Waals surface area contributed by atoms with Crippen molar-refractivity contribution in [3.8, 4) is 0 Å². The maximum absolute atomic E-state index is 13.5. The maximum atomic E-state index is 13.5. The molecule has 33 heavy (non-hydrogen) atoms. The van der Waals surface area contributed by atoms with E-state index >= 15 is 0 Å². The normalized spacial score (nSPS) is 13.9. The summed E-state index contributed by atoms with van der Waals surface area (Å²) in [5, 5.41) is 5.63. The van der Waals surface area contributed by atoms with Crippen molar-refractivity contribution in [1.29, 1.82) is 0 Å². The van der Waals surface area contributed by atoms with Gasteiger partial charge in [0.05, 0.1) is 0 Å².